The monoisotopic (exact) mass is 346 g/mol. The quantitative estimate of drug-likeness (QED) is 0.833. The van der Waals surface area contributed by atoms with Gasteiger partial charge in [-0.25, -0.2) is 0 Å². The Bertz CT molecular complexity index is 580. The Balaban J connectivity index is 1.46. The van der Waals surface area contributed by atoms with Crippen molar-refractivity contribution in [2.75, 3.05) is 25.0 Å². The summed E-state index contributed by atoms with van der Waals surface area (Å²) in [6, 6.07) is 0. The Labute approximate surface area is 148 Å². The van der Waals surface area contributed by atoms with E-state index in [0.717, 1.165) is 43.3 Å². The van der Waals surface area contributed by atoms with Crippen LogP contribution in [0.4, 0.5) is 5.13 Å². The fourth-order valence-electron chi connectivity index (χ4n) is 3.71. The lowest BCUT2D eigenvalue weighted by atomic mass is 9.87. The standard InChI is InChI=1S/C18H26N4OS/c1-2-10-22-11-8-15(9-12-22)17(23)19-18-21-20-16(24-18)13-14-6-4-3-5-7-14/h1,14-15H,3-13H2,(H,19,21,23). The lowest BCUT2D eigenvalue weighted by molar-refractivity contribution is -0.121. The number of terminal acetylenes is 1. The van der Waals surface area contributed by atoms with Crippen molar-refractivity contribution < 1.29 is 4.79 Å². The van der Waals surface area contributed by atoms with Crippen LogP contribution in [0.1, 0.15) is 50.0 Å². The molecule has 0 spiro atoms. The van der Waals surface area contributed by atoms with Crippen molar-refractivity contribution in [3.05, 3.63) is 5.01 Å². The topological polar surface area (TPSA) is 58.1 Å². The van der Waals surface area contributed by atoms with Crippen molar-refractivity contribution in [1.29, 1.82) is 0 Å². The summed E-state index contributed by atoms with van der Waals surface area (Å²) in [7, 11) is 0. The van der Waals surface area contributed by atoms with Gasteiger partial charge in [0.15, 0.2) is 0 Å². The third-order valence-electron chi connectivity index (χ3n) is 5.16. The molecule has 1 N–H and O–H groups in total. The number of rotatable bonds is 5. The molecule has 1 aliphatic heterocycles. The van der Waals surface area contributed by atoms with E-state index in [1.54, 1.807) is 0 Å². The molecule has 2 heterocycles. The normalized spacial score (nSPS) is 20.6. The summed E-state index contributed by atoms with van der Waals surface area (Å²) in [5.41, 5.74) is 0. The van der Waals surface area contributed by atoms with E-state index in [2.05, 4.69) is 26.3 Å². The zero-order valence-corrected chi connectivity index (χ0v) is 15.0. The molecule has 1 saturated heterocycles. The molecule has 2 fully saturated rings. The van der Waals surface area contributed by atoms with Crippen LogP contribution in [0.2, 0.25) is 0 Å². The highest BCUT2D eigenvalue weighted by Crippen LogP contribution is 2.29. The molecule has 24 heavy (non-hydrogen) atoms. The molecule has 1 amide bonds. The van der Waals surface area contributed by atoms with Crippen LogP contribution in [0.15, 0.2) is 0 Å². The first-order chi connectivity index (χ1) is 11.7. The van der Waals surface area contributed by atoms with Gasteiger partial charge in [0.1, 0.15) is 5.01 Å². The van der Waals surface area contributed by atoms with Crippen molar-refractivity contribution in [2.45, 2.75) is 51.4 Å². The summed E-state index contributed by atoms with van der Waals surface area (Å²) >= 11 is 1.54. The lowest BCUT2D eigenvalue weighted by Gasteiger charge is -2.29. The Kier molecular flexibility index (Phi) is 6.22. The molecular formula is C18H26N4OS. The third-order valence-corrected chi connectivity index (χ3v) is 6.02. The van der Waals surface area contributed by atoms with Crippen molar-refractivity contribution >= 4 is 22.4 Å². The summed E-state index contributed by atoms with van der Waals surface area (Å²) in [5.74, 6) is 3.55. The van der Waals surface area contributed by atoms with E-state index in [-0.39, 0.29) is 11.8 Å². The van der Waals surface area contributed by atoms with E-state index < -0.39 is 0 Å². The number of nitrogens with zero attached hydrogens (tertiary/aromatic N) is 3. The predicted octanol–water partition coefficient (Wildman–Crippen LogP) is 2.94. The Morgan fingerprint density at radius 1 is 1.21 bits per heavy atom. The number of likely N-dealkylation sites (tertiary alicyclic amines) is 1. The molecule has 1 aromatic heterocycles. The average Bonchev–Trinajstić information content (AvgIpc) is 3.03. The smallest absolute Gasteiger partial charge is 0.229 e. The van der Waals surface area contributed by atoms with Gasteiger partial charge in [-0.3, -0.25) is 9.69 Å². The van der Waals surface area contributed by atoms with Gasteiger partial charge >= 0.3 is 0 Å². The molecule has 3 rings (SSSR count). The molecule has 0 unspecified atom stereocenters. The summed E-state index contributed by atoms with van der Waals surface area (Å²) in [6.07, 6.45) is 14.7. The van der Waals surface area contributed by atoms with Crippen molar-refractivity contribution in [3.63, 3.8) is 0 Å². The molecule has 0 bridgehead atoms. The number of hydrogen-bond acceptors (Lipinski definition) is 5. The second-order valence-electron chi connectivity index (χ2n) is 6.95. The molecule has 2 aliphatic rings. The molecule has 0 aromatic carbocycles. The molecule has 6 heteroatoms. The van der Waals surface area contributed by atoms with Gasteiger partial charge in [-0.15, -0.1) is 16.6 Å². The number of anilines is 1. The Morgan fingerprint density at radius 3 is 2.67 bits per heavy atom. The first-order valence-electron chi connectivity index (χ1n) is 9.03. The van der Waals surface area contributed by atoms with Gasteiger partial charge in [0.2, 0.25) is 11.0 Å². The molecule has 0 radical (unpaired) electrons. The number of hydrogen-bond donors (Lipinski definition) is 1. The van der Waals surface area contributed by atoms with Crippen LogP contribution < -0.4 is 5.32 Å². The van der Waals surface area contributed by atoms with E-state index in [1.807, 2.05) is 0 Å². The van der Waals surface area contributed by atoms with Crippen LogP contribution in [0.3, 0.4) is 0 Å². The zero-order valence-electron chi connectivity index (χ0n) is 14.2. The zero-order chi connectivity index (χ0) is 16.8. The number of nitrogens with one attached hydrogen (secondary N) is 1. The van der Waals surface area contributed by atoms with Crippen LogP contribution in [0, 0.1) is 24.2 Å². The van der Waals surface area contributed by atoms with Crippen molar-refractivity contribution in [1.82, 2.24) is 15.1 Å². The van der Waals surface area contributed by atoms with E-state index in [0.29, 0.717) is 11.7 Å². The first-order valence-corrected chi connectivity index (χ1v) is 9.85. The van der Waals surface area contributed by atoms with E-state index in [4.69, 9.17) is 6.42 Å². The minimum Gasteiger partial charge on any atom is -0.300 e. The van der Waals surface area contributed by atoms with Gasteiger partial charge in [0.05, 0.1) is 6.54 Å². The fraction of sp³-hybridized carbons (Fsp3) is 0.722. The summed E-state index contributed by atoms with van der Waals surface area (Å²) in [6.45, 7) is 2.46. The lowest BCUT2D eigenvalue weighted by Crippen LogP contribution is -2.38. The molecule has 5 nitrogen and oxygen atoms in total. The van der Waals surface area contributed by atoms with E-state index in [1.165, 1.54) is 43.4 Å². The minimum atomic E-state index is 0.0599. The molecule has 1 aliphatic carbocycles. The molecule has 0 atom stereocenters. The third kappa shape index (κ3) is 4.78. The fourth-order valence-corrected chi connectivity index (χ4v) is 4.57. The number of aromatic nitrogens is 2. The predicted molar refractivity (Wildman–Crippen MR) is 96.8 cm³/mol. The van der Waals surface area contributed by atoms with Gasteiger partial charge in [-0.05, 0) is 31.8 Å². The summed E-state index contributed by atoms with van der Waals surface area (Å²) in [4.78, 5) is 14.6. The Morgan fingerprint density at radius 2 is 1.96 bits per heavy atom. The van der Waals surface area contributed by atoms with Gasteiger partial charge in [0, 0.05) is 12.3 Å². The molecule has 1 aromatic rings. The first kappa shape index (κ1) is 17.4. The van der Waals surface area contributed by atoms with Gasteiger partial charge in [-0.1, -0.05) is 49.4 Å². The van der Waals surface area contributed by atoms with Crippen LogP contribution in [0.5, 0.6) is 0 Å². The molecule has 1 saturated carbocycles. The maximum Gasteiger partial charge on any atom is 0.229 e. The van der Waals surface area contributed by atoms with Crippen LogP contribution >= 0.6 is 11.3 Å². The van der Waals surface area contributed by atoms with Gasteiger partial charge < -0.3 is 5.32 Å². The van der Waals surface area contributed by atoms with Gasteiger partial charge in [0.25, 0.3) is 0 Å². The Hall–Kier alpha value is -1.45. The molecule has 130 valence electrons. The van der Waals surface area contributed by atoms with E-state index in [9.17, 15) is 4.79 Å². The highest BCUT2D eigenvalue weighted by molar-refractivity contribution is 7.15. The molecular weight excluding hydrogens is 320 g/mol. The summed E-state index contributed by atoms with van der Waals surface area (Å²) in [5, 5.41) is 13.1. The average molecular weight is 347 g/mol. The van der Waals surface area contributed by atoms with Gasteiger partial charge in [-0.2, -0.15) is 0 Å². The maximum absolute atomic E-state index is 12.4. The van der Waals surface area contributed by atoms with E-state index >= 15 is 0 Å². The number of amides is 1. The van der Waals surface area contributed by atoms with Crippen LogP contribution in [-0.2, 0) is 11.2 Å². The largest absolute Gasteiger partial charge is 0.300 e. The minimum absolute atomic E-state index is 0.0599. The highest BCUT2D eigenvalue weighted by atomic mass is 32.1. The second-order valence-corrected chi connectivity index (χ2v) is 8.01. The van der Waals surface area contributed by atoms with Crippen LogP contribution in [-0.4, -0.2) is 40.6 Å². The van der Waals surface area contributed by atoms with Crippen molar-refractivity contribution in [2.24, 2.45) is 11.8 Å². The number of carbonyl (C=O) groups is 1. The number of carbonyl (C=O) groups excluding carboxylic acids is 1. The second kappa shape index (κ2) is 8.59. The van der Waals surface area contributed by atoms with Crippen molar-refractivity contribution in [3.8, 4) is 12.3 Å². The number of piperidine rings is 1. The highest BCUT2D eigenvalue weighted by Gasteiger charge is 2.25. The maximum atomic E-state index is 12.4. The SMILES string of the molecule is C#CCN1CCC(C(=O)Nc2nnc(CC3CCCCC3)s2)CC1. The van der Waals surface area contributed by atoms with Crippen LogP contribution in [0.25, 0.3) is 0 Å². The summed E-state index contributed by atoms with van der Waals surface area (Å²) < 4.78 is 0.